The van der Waals surface area contributed by atoms with Crippen molar-refractivity contribution < 1.29 is 14.3 Å². The van der Waals surface area contributed by atoms with Gasteiger partial charge in [0.15, 0.2) is 0 Å². The van der Waals surface area contributed by atoms with Crippen LogP contribution in [0.4, 0.5) is 11.4 Å². The predicted octanol–water partition coefficient (Wildman–Crippen LogP) is 3.13. The molecule has 1 heterocycles. The highest BCUT2D eigenvalue weighted by molar-refractivity contribution is 6.44. The van der Waals surface area contributed by atoms with Crippen LogP contribution in [0.15, 0.2) is 53.6 Å². The van der Waals surface area contributed by atoms with Gasteiger partial charge in [-0.15, -0.1) is 0 Å². The van der Waals surface area contributed by atoms with Gasteiger partial charge < -0.3 is 10.1 Å². The number of carbonyl (C=O) groups excluding carboxylic acids is 2. The zero-order valence-corrected chi connectivity index (χ0v) is 14.2. The topological polar surface area (TPSA) is 71.0 Å². The standard InChI is InChI=1S/C19H19N3O3/c1-13-3-7-15(8-4-13)22-18(23)12-11-17(21-22)19(24)20-14-5-9-16(25-2)10-6-14/h3-10H,11-12H2,1-2H3,(H,20,24). The number of hydrogen-bond donors (Lipinski definition) is 1. The normalized spacial score (nSPS) is 14.1. The lowest BCUT2D eigenvalue weighted by Gasteiger charge is -2.23. The molecule has 0 spiro atoms. The Balaban J connectivity index is 1.77. The van der Waals surface area contributed by atoms with Crippen LogP contribution < -0.4 is 15.1 Å². The molecule has 6 nitrogen and oxygen atoms in total. The molecule has 0 saturated heterocycles. The number of nitrogens with one attached hydrogen (secondary N) is 1. The number of carbonyl (C=O) groups is 2. The second-order valence-corrected chi connectivity index (χ2v) is 5.77. The highest BCUT2D eigenvalue weighted by Gasteiger charge is 2.25. The SMILES string of the molecule is COc1ccc(NC(=O)C2=NN(c3ccc(C)cc3)C(=O)CC2)cc1. The van der Waals surface area contributed by atoms with E-state index in [9.17, 15) is 9.59 Å². The van der Waals surface area contributed by atoms with Crippen LogP contribution in [0, 0.1) is 6.92 Å². The number of nitrogens with zero attached hydrogens (tertiary/aromatic N) is 2. The zero-order chi connectivity index (χ0) is 17.8. The van der Waals surface area contributed by atoms with E-state index in [0.717, 1.165) is 5.56 Å². The third-order valence-electron chi connectivity index (χ3n) is 3.92. The number of aryl methyl sites for hydroxylation is 1. The van der Waals surface area contributed by atoms with Crippen LogP contribution >= 0.6 is 0 Å². The highest BCUT2D eigenvalue weighted by Crippen LogP contribution is 2.21. The summed E-state index contributed by atoms with van der Waals surface area (Å²) >= 11 is 0. The molecule has 0 saturated carbocycles. The number of ether oxygens (including phenoxy) is 1. The number of anilines is 2. The maximum Gasteiger partial charge on any atom is 0.271 e. The molecule has 2 aromatic rings. The Bertz CT molecular complexity index is 811. The number of benzene rings is 2. The molecule has 1 N–H and O–H groups in total. The largest absolute Gasteiger partial charge is 0.497 e. The van der Waals surface area contributed by atoms with Crippen LogP contribution in [0.25, 0.3) is 0 Å². The van der Waals surface area contributed by atoms with E-state index in [1.165, 1.54) is 5.01 Å². The Morgan fingerprint density at radius 2 is 1.76 bits per heavy atom. The molecule has 0 unspecified atom stereocenters. The van der Waals surface area contributed by atoms with Gasteiger partial charge in [0.1, 0.15) is 11.5 Å². The third-order valence-corrected chi connectivity index (χ3v) is 3.92. The van der Waals surface area contributed by atoms with Gasteiger partial charge in [-0.25, -0.2) is 5.01 Å². The predicted molar refractivity (Wildman–Crippen MR) is 97.0 cm³/mol. The quantitative estimate of drug-likeness (QED) is 0.932. The van der Waals surface area contributed by atoms with E-state index in [2.05, 4.69) is 10.4 Å². The molecule has 2 aromatic carbocycles. The lowest BCUT2D eigenvalue weighted by Crippen LogP contribution is -2.36. The van der Waals surface area contributed by atoms with Crippen molar-refractivity contribution in [3.05, 3.63) is 54.1 Å². The summed E-state index contributed by atoms with van der Waals surface area (Å²) in [5.41, 5.74) is 2.72. The van der Waals surface area contributed by atoms with Gasteiger partial charge in [-0.1, -0.05) is 17.7 Å². The van der Waals surface area contributed by atoms with E-state index in [0.29, 0.717) is 29.3 Å². The number of methoxy groups -OCH3 is 1. The Morgan fingerprint density at radius 3 is 2.40 bits per heavy atom. The average molecular weight is 337 g/mol. The van der Waals surface area contributed by atoms with Crippen molar-refractivity contribution in [3.63, 3.8) is 0 Å². The van der Waals surface area contributed by atoms with Gasteiger partial charge in [0.25, 0.3) is 5.91 Å². The summed E-state index contributed by atoms with van der Waals surface area (Å²) in [4.78, 5) is 24.6. The molecule has 2 amide bonds. The summed E-state index contributed by atoms with van der Waals surface area (Å²) in [7, 11) is 1.58. The zero-order valence-electron chi connectivity index (χ0n) is 14.2. The van der Waals surface area contributed by atoms with Gasteiger partial charge in [0.05, 0.1) is 12.8 Å². The molecule has 0 aromatic heterocycles. The van der Waals surface area contributed by atoms with Gasteiger partial charge in [0.2, 0.25) is 5.91 Å². The smallest absolute Gasteiger partial charge is 0.271 e. The summed E-state index contributed by atoms with van der Waals surface area (Å²) in [6.45, 7) is 1.97. The van der Waals surface area contributed by atoms with Gasteiger partial charge in [-0.2, -0.15) is 5.10 Å². The molecule has 0 aliphatic carbocycles. The second kappa shape index (κ2) is 7.17. The fraction of sp³-hybridized carbons (Fsp3) is 0.211. The van der Waals surface area contributed by atoms with Crippen LogP contribution in [0.2, 0.25) is 0 Å². The number of hydrogen-bond acceptors (Lipinski definition) is 4. The van der Waals surface area contributed by atoms with Crippen molar-refractivity contribution in [1.82, 2.24) is 0 Å². The molecule has 6 heteroatoms. The summed E-state index contributed by atoms with van der Waals surface area (Å²) in [6, 6.07) is 14.5. The van der Waals surface area contributed by atoms with E-state index >= 15 is 0 Å². The van der Waals surface area contributed by atoms with Crippen LogP contribution in [0.1, 0.15) is 18.4 Å². The summed E-state index contributed by atoms with van der Waals surface area (Å²) in [5.74, 6) is 0.281. The first-order valence-electron chi connectivity index (χ1n) is 7.99. The molecular formula is C19H19N3O3. The molecule has 1 aliphatic heterocycles. The van der Waals surface area contributed by atoms with E-state index < -0.39 is 0 Å². The van der Waals surface area contributed by atoms with Crippen molar-refractivity contribution in [2.45, 2.75) is 19.8 Å². The van der Waals surface area contributed by atoms with Crippen molar-refractivity contribution in [3.8, 4) is 5.75 Å². The molecule has 1 aliphatic rings. The Morgan fingerprint density at radius 1 is 1.08 bits per heavy atom. The lowest BCUT2D eigenvalue weighted by molar-refractivity contribution is -0.118. The minimum atomic E-state index is -0.310. The molecular weight excluding hydrogens is 318 g/mol. The van der Waals surface area contributed by atoms with Crippen molar-refractivity contribution in [1.29, 1.82) is 0 Å². The van der Waals surface area contributed by atoms with Crippen molar-refractivity contribution in [2.24, 2.45) is 5.10 Å². The molecule has 128 valence electrons. The number of rotatable bonds is 4. The highest BCUT2D eigenvalue weighted by atomic mass is 16.5. The van der Waals surface area contributed by atoms with E-state index in [-0.39, 0.29) is 18.2 Å². The minimum absolute atomic E-state index is 0.121. The van der Waals surface area contributed by atoms with Gasteiger partial charge in [0, 0.05) is 18.5 Å². The molecule has 0 fully saturated rings. The van der Waals surface area contributed by atoms with Crippen molar-refractivity contribution >= 4 is 28.9 Å². The first kappa shape index (κ1) is 16.7. The van der Waals surface area contributed by atoms with E-state index in [1.54, 1.807) is 31.4 Å². The van der Waals surface area contributed by atoms with Gasteiger partial charge in [-0.3, -0.25) is 9.59 Å². The minimum Gasteiger partial charge on any atom is -0.497 e. The van der Waals surface area contributed by atoms with Crippen LogP contribution in [0.3, 0.4) is 0 Å². The maximum atomic E-state index is 12.4. The molecule has 3 rings (SSSR count). The maximum absolute atomic E-state index is 12.4. The Labute approximate surface area is 146 Å². The van der Waals surface area contributed by atoms with E-state index in [1.807, 2.05) is 31.2 Å². The summed E-state index contributed by atoms with van der Waals surface area (Å²) in [5, 5.41) is 8.35. The number of amides is 2. The number of hydrazone groups is 1. The van der Waals surface area contributed by atoms with Crippen molar-refractivity contribution in [2.75, 3.05) is 17.4 Å². The Hall–Kier alpha value is -3.15. The Kier molecular flexibility index (Phi) is 4.79. The van der Waals surface area contributed by atoms with Gasteiger partial charge >= 0.3 is 0 Å². The molecule has 0 atom stereocenters. The molecule has 0 bridgehead atoms. The first-order chi connectivity index (χ1) is 12.1. The van der Waals surface area contributed by atoms with Crippen LogP contribution in [-0.2, 0) is 9.59 Å². The third kappa shape index (κ3) is 3.85. The van der Waals surface area contributed by atoms with Gasteiger partial charge in [-0.05, 0) is 43.3 Å². The monoisotopic (exact) mass is 337 g/mol. The fourth-order valence-corrected chi connectivity index (χ4v) is 2.48. The van der Waals surface area contributed by atoms with Crippen LogP contribution in [0.5, 0.6) is 5.75 Å². The lowest BCUT2D eigenvalue weighted by atomic mass is 10.1. The summed E-state index contributed by atoms with van der Waals surface area (Å²) < 4.78 is 5.09. The van der Waals surface area contributed by atoms with Crippen LogP contribution in [-0.4, -0.2) is 24.6 Å². The fourth-order valence-electron chi connectivity index (χ4n) is 2.48. The molecule has 25 heavy (non-hydrogen) atoms. The molecule has 0 radical (unpaired) electrons. The summed E-state index contributed by atoms with van der Waals surface area (Å²) in [6.07, 6.45) is 0.575. The second-order valence-electron chi connectivity index (χ2n) is 5.77. The average Bonchev–Trinajstić information content (AvgIpc) is 2.63. The first-order valence-corrected chi connectivity index (χ1v) is 7.99. The van der Waals surface area contributed by atoms with E-state index in [4.69, 9.17) is 4.74 Å².